The molecule has 0 spiro atoms. The normalized spacial score (nSPS) is 35.6. The summed E-state index contributed by atoms with van der Waals surface area (Å²) in [7, 11) is 2.34. The second-order valence-corrected chi connectivity index (χ2v) is 6.57. The van der Waals surface area contributed by atoms with Crippen LogP contribution >= 0.6 is 0 Å². The van der Waals surface area contributed by atoms with Crippen molar-refractivity contribution >= 4 is 0 Å². The summed E-state index contributed by atoms with van der Waals surface area (Å²) in [5, 5.41) is 0. The van der Waals surface area contributed by atoms with E-state index in [1.807, 2.05) is 0 Å². The van der Waals surface area contributed by atoms with Crippen molar-refractivity contribution in [1.82, 2.24) is 4.90 Å². The number of hydrogen-bond donors (Lipinski definition) is 1. The minimum atomic E-state index is 0.748. The van der Waals surface area contributed by atoms with Gasteiger partial charge in [0, 0.05) is 12.6 Å². The Morgan fingerprint density at radius 2 is 1.82 bits per heavy atom. The molecular weight excluding hydrogens is 208 g/mol. The molecule has 2 rings (SSSR count). The lowest BCUT2D eigenvalue weighted by Gasteiger charge is -2.41. The molecule has 17 heavy (non-hydrogen) atoms. The molecule has 0 radical (unpaired) electrons. The minimum Gasteiger partial charge on any atom is -0.330 e. The molecule has 2 saturated carbocycles. The Hall–Kier alpha value is -0.0800. The van der Waals surface area contributed by atoms with Crippen LogP contribution in [0.25, 0.3) is 0 Å². The molecular formula is C15H30N2. The minimum absolute atomic E-state index is 0.748. The quantitative estimate of drug-likeness (QED) is 0.816. The van der Waals surface area contributed by atoms with E-state index in [1.165, 1.54) is 51.5 Å². The summed E-state index contributed by atoms with van der Waals surface area (Å²) in [5.74, 6) is 2.61. The monoisotopic (exact) mass is 238 g/mol. The average molecular weight is 238 g/mol. The van der Waals surface area contributed by atoms with E-state index in [0.29, 0.717) is 0 Å². The summed E-state index contributed by atoms with van der Waals surface area (Å²) in [6, 6.07) is 0.754. The molecule has 3 unspecified atom stereocenters. The summed E-state index contributed by atoms with van der Waals surface area (Å²) in [6.07, 6.45) is 9.93. The van der Waals surface area contributed by atoms with Crippen molar-refractivity contribution in [3.8, 4) is 0 Å². The predicted octanol–water partition coefficient (Wildman–Crippen LogP) is 2.87. The van der Waals surface area contributed by atoms with Crippen LogP contribution in [0.2, 0.25) is 0 Å². The lowest BCUT2D eigenvalue weighted by molar-refractivity contribution is 0.0952. The van der Waals surface area contributed by atoms with E-state index in [4.69, 9.17) is 5.73 Å². The predicted molar refractivity (Wildman–Crippen MR) is 73.9 cm³/mol. The number of nitrogens with two attached hydrogens (primary N) is 1. The molecule has 3 atom stereocenters. The van der Waals surface area contributed by atoms with Crippen LogP contribution in [0, 0.1) is 17.8 Å². The molecule has 0 amide bonds. The van der Waals surface area contributed by atoms with E-state index in [0.717, 1.165) is 30.3 Å². The zero-order valence-electron chi connectivity index (χ0n) is 11.7. The SMILES string of the molecule is CC1CCC(CN)C(N(C)CC2CCCC2)C1. The van der Waals surface area contributed by atoms with Crippen LogP contribution in [0.15, 0.2) is 0 Å². The van der Waals surface area contributed by atoms with Crippen molar-refractivity contribution in [1.29, 1.82) is 0 Å². The maximum Gasteiger partial charge on any atom is 0.0135 e. The van der Waals surface area contributed by atoms with Crippen molar-refractivity contribution in [2.75, 3.05) is 20.1 Å². The number of nitrogens with zero attached hydrogens (tertiary/aromatic N) is 1. The molecule has 2 nitrogen and oxygen atoms in total. The maximum atomic E-state index is 5.96. The molecule has 2 fully saturated rings. The van der Waals surface area contributed by atoms with Gasteiger partial charge in [0.2, 0.25) is 0 Å². The van der Waals surface area contributed by atoms with Gasteiger partial charge in [-0.05, 0) is 57.0 Å². The zero-order chi connectivity index (χ0) is 12.3. The van der Waals surface area contributed by atoms with E-state index >= 15 is 0 Å². The number of hydrogen-bond acceptors (Lipinski definition) is 2. The lowest BCUT2D eigenvalue weighted by Crippen LogP contribution is -2.46. The lowest BCUT2D eigenvalue weighted by atomic mass is 9.78. The number of rotatable bonds is 4. The summed E-state index contributed by atoms with van der Waals surface area (Å²) in [5.41, 5.74) is 5.96. The standard InChI is InChI=1S/C15H30N2/c1-12-7-8-14(10-16)15(9-12)17(2)11-13-5-3-4-6-13/h12-15H,3-11,16H2,1-2H3. The first kappa shape index (κ1) is 13.4. The van der Waals surface area contributed by atoms with Gasteiger partial charge in [-0.3, -0.25) is 0 Å². The summed E-state index contributed by atoms with van der Waals surface area (Å²) in [4.78, 5) is 2.64. The first-order valence-electron chi connectivity index (χ1n) is 7.61. The third-order valence-electron chi connectivity index (χ3n) is 5.11. The van der Waals surface area contributed by atoms with E-state index in [1.54, 1.807) is 0 Å². The smallest absolute Gasteiger partial charge is 0.0135 e. The topological polar surface area (TPSA) is 29.3 Å². The highest BCUT2D eigenvalue weighted by atomic mass is 15.1. The van der Waals surface area contributed by atoms with Crippen LogP contribution in [0.4, 0.5) is 0 Å². The average Bonchev–Trinajstić information content (AvgIpc) is 2.81. The first-order chi connectivity index (χ1) is 8.20. The third kappa shape index (κ3) is 3.45. The van der Waals surface area contributed by atoms with Gasteiger partial charge in [0.25, 0.3) is 0 Å². The Balaban J connectivity index is 1.87. The molecule has 0 aromatic heterocycles. The van der Waals surface area contributed by atoms with Gasteiger partial charge in [0.1, 0.15) is 0 Å². The van der Waals surface area contributed by atoms with Crippen molar-refractivity contribution in [2.45, 2.75) is 57.9 Å². The van der Waals surface area contributed by atoms with Gasteiger partial charge in [-0.1, -0.05) is 26.2 Å². The van der Waals surface area contributed by atoms with Gasteiger partial charge in [-0.2, -0.15) is 0 Å². The van der Waals surface area contributed by atoms with E-state index < -0.39 is 0 Å². The van der Waals surface area contributed by atoms with E-state index in [2.05, 4.69) is 18.9 Å². The third-order valence-corrected chi connectivity index (χ3v) is 5.11. The molecule has 2 N–H and O–H groups in total. The fraction of sp³-hybridized carbons (Fsp3) is 1.00. The second-order valence-electron chi connectivity index (χ2n) is 6.57. The van der Waals surface area contributed by atoms with Crippen molar-refractivity contribution in [3.05, 3.63) is 0 Å². The summed E-state index contributed by atoms with van der Waals surface area (Å²) in [6.45, 7) is 4.60. The maximum absolute atomic E-state index is 5.96. The Kier molecular flexibility index (Phi) is 4.87. The van der Waals surface area contributed by atoms with Gasteiger partial charge in [-0.25, -0.2) is 0 Å². The molecule has 0 aliphatic heterocycles. The molecule has 2 aliphatic rings. The molecule has 0 saturated heterocycles. The molecule has 100 valence electrons. The molecule has 2 aliphatic carbocycles. The van der Waals surface area contributed by atoms with Gasteiger partial charge < -0.3 is 10.6 Å². The van der Waals surface area contributed by atoms with E-state index in [9.17, 15) is 0 Å². The van der Waals surface area contributed by atoms with Crippen LogP contribution in [0.3, 0.4) is 0 Å². The van der Waals surface area contributed by atoms with Crippen molar-refractivity contribution in [3.63, 3.8) is 0 Å². The van der Waals surface area contributed by atoms with Gasteiger partial charge >= 0.3 is 0 Å². The van der Waals surface area contributed by atoms with Crippen LogP contribution in [-0.2, 0) is 0 Å². The zero-order valence-corrected chi connectivity index (χ0v) is 11.7. The van der Waals surface area contributed by atoms with Gasteiger partial charge in [-0.15, -0.1) is 0 Å². The van der Waals surface area contributed by atoms with Crippen LogP contribution in [0.1, 0.15) is 51.9 Å². The fourth-order valence-electron chi connectivity index (χ4n) is 3.96. The Labute approximate surface area is 107 Å². The molecule has 2 heteroatoms. The van der Waals surface area contributed by atoms with Gasteiger partial charge in [0.15, 0.2) is 0 Å². The molecule has 0 aromatic rings. The highest BCUT2D eigenvalue weighted by Gasteiger charge is 2.31. The van der Waals surface area contributed by atoms with E-state index in [-0.39, 0.29) is 0 Å². The van der Waals surface area contributed by atoms with Crippen molar-refractivity contribution < 1.29 is 0 Å². The second kappa shape index (κ2) is 6.19. The van der Waals surface area contributed by atoms with Gasteiger partial charge in [0.05, 0.1) is 0 Å². The van der Waals surface area contributed by atoms with Crippen LogP contribution in [0.5, 0.6) is 0 Å². The largest absolute Gasteiger partial charge is 0.330 e. The van der Waals surface area contributed by atoms with Crippen LogP contribution in [-0.4, -0.2) is 31.1 Å². The molecule has 0 aromatic carbocycles. The Morgan fingerprint density at radius 1 is 1.12 bits per heavy atom. The fourth-order valence-corrected chi connectivity index (χ4v) is 3.96. The highest BCUT2D eigenvalue weighted by Crippen LogP contribution is 2.33. The Bertz CT molecular complexity index is 223. The molecule has 0 bridgehead atoms. The summed E-state index contributed by atoms with van der Waals surface area (Å²) < 4.78 is 0. The summed E-state index contributed by atoms with van der Waals surface area (Å²) >= 11 is 0. The Morgan fingerprint density at radius 3 is 2.47 bits per heavy atom. The van der Waals surface area contributed by atoms with Crippen molar-refractivity contribution in [2.24, 2.45) is 23.5 Å². The van der Waals surface area contributed by atoms with Crippen LogP contribution < -0.4 is 5.73 Å². The highest BCUT2D eigenvalue weighted by molar-refractivity contribution is 4.86. The first-order valence-corrected chi connectivity index (χ1v) is 7.61. The molecule has 0 heterocycles.